The third kappa shape index (κ3) is 5.12. The number of nitrogens with zero attached hydrogens (tertiary/aromatic N) is 1. The van der Waals surface area contributed by atoms with Gasteiger partial charge >= 0.3 is 0 Å². The van der Waals surface area contributed by atoms with Crippen LogP contribution >= 0.6 is 0 Å². The maximum absolute atomic E-state index is 12.6. The minimum atomic E-state index is -0.0510. The van der Waals surface area contributed by atoms with Gasteiger partial charge in [-0.25, -0.2) is 4.98 Å². The van der Waals surface area contributed by atoms with Gasteiger partial charge in [-0.15, -0.1) is 0 Å². The van der Waals surface area contributed by atoms with Crippen LogP contribution in [0.2, 0.25) is 0 Å². The van der Waals surface area contributed by atoms with E-state index in [1.807, 2.05) is 18.2 Å². The van der Waals surface area contributed by atoms with E-state index < -0.39 is 0 Å². The SMILES string of the molecule is COc1ccc(OC)c(Nc2cc(C(=O)NC3CCCCCC3)ccn2)c1. The molecule has 1 aromatic heterocycles. The van der Waals surface area contributed by atoms with Gasteiger partial charge in [0.2, 0.25) is 0 Å². The summed E-state index contributed by atoms with van der Waals surface area (Å²) in [5.41, 5.74) is 1.32. The zero-order valence-electron chi connectivity index (χ0n) is 16.0. The number of methoxy groups -OCH3 is 2. The molecule has 0 unspecified atom stereocenters. The summed E-state index contributed by atoms with van der Waals surface area (Å²) in [5, 5.41) is 6.38. The van der Waals surface area contributed by atoms with E-state index >= 15 is 0 Å². The van der Waals surface area contributed by atoms with E-state index in [9.17, 15) is 4.79 Å². The normalized spacial score (nSPS) is 14.9. The molecule has 2 aromatic rings. The summed E-state index contributed by atoms with van der Waals surface area (Å²) in [7, 11) is 3.22. The molecule has 1 amide bonds. The fourth-order valence-electron chi connectivity index (χ4n) is 3.38. The predicted octanol–water partition coefficient (Wildman–Crippen LogP) is 4.30. The summed E-state index contributed by atoms with van der Waals surface area (Å²) < 4.78 is 10.7. The third-order valence-electron chi connectivity index (χ3n) is 4.88. The lowest BCUT2D eigenvalue weighted by atomic mass is 10.1. The minimum absolute atomic E-state index is 0.0510. The zero-order valence-corrected chi connectivity index (χ0v) is 16.0. The van der Waals surface area contributed by atoms with Gasteiger partial charge in [0.05, 0.1) is 19.9 Å². The van der Waals surface area contributed by atoms with E-state index in [-0.39, 0.29) is 11.9 Å². The van der Waals surface area contributed by atoms with Gasteiger partial charge in [-0.2, -0.15) is 0 Å². The molecule has 0 saturated heterocycles. The smallest absolute Gasteiger partial charge is 0.251 e. The second kappa shape index (κ2) is 9.26. The molecular formula is C21H27N3O3. The summed E-state index contributed by atoms with van der Waals surface area (Å²) in [4.78, 5) is 17.0. The van der Waals surface area contributed by atoms with Gasteiger partial charge in [0.25, 0.3) is 5.91 Å². The highest BCUT2D eigenvalue weighted by Gasteiger charge is 2.16. The van der Waals surface area contributed by atoms with Gasteiger partial charge in [0.15, 0.2) is 0 Å². The van der Waals surface area contributed by atoms with E-state index in [1.165, 1.54) is 25.7 Å². The molecular weight excluding hydrogens is 342 g/mol. The maximum atomic E-state index is 12.6. The monoisotopic (exact) mass is 369 g/mol. The van der Waals surface area contributed by atoms with Crippen molar-refractivity contribution in [3.63, 3.8) is 0 Å². The molecule has 0 bridgehead atoms. The van der Waals surface area contributed by atoms with Crippen molar-refractivity contribution in [2.45, 2.75) is 44.6 Å². The van der Waals surface area contributed by atoms with Crippen molar-refractivity contribution in [3.05, 3.63) is 42.1 Å². The molecule has 1 aliphatic rings. The van der Waals surface area contributed by atoms with Crippen LogP contribution in [0.15, 0.2) is 36.5 Å². The van der Waals surface area contributed by atoms with Crippen LogP contribution in [0.4, 0.5) is 11.5 Å². The first-order valence-corrected chi connectivity index (χ1v) is 9.45. The highest BCUT2D eigenvalue weighted by atomic mass is 16.5. The Balaban J connectivity index is 1.72. The van der Waals surface area contributed by atoms with E-state index in [4.69, 9.17) is 9.47 Å². The lowest BCUT2D eigenvalue weighted by Gasteiger charge is -2.17. The molecule has 2 N–H and O–H groups in total. The lowest BCUT2D eigenvalue weighted by Crippen LogP contribution is -2.34. The van der Waals surface area contributed by atoms with Gasteiger partial charge in [0, 0.05) is 23.9 Å². The lowest BCUT2D eigenvalue weighted by molar-refractivity contribution is 0.0933. The average Bonchev–Trinajstić information content (AvgIpc) is 2.96. The second-order valence-electron chi connectivity index (χ2n) is 6.78. The summed E-state index contributed by atoms with van der Waals surface area (Å²) >= 11 is 0. The fraction of sp³-hybridized carbons (Fsp3) is 0.429. The molecule has 0 spiro atoms. The van der Waals surface area contributed by atoms with Crippen LogP contribution in [0.5, 0.6) is 11.5 Å². The molecule has 1 fully saturated rings. The molecule has 3 rings (SSSR count). The van der Waals surface area contributed by atoms with Crippen molar-refractivity contribution >= 4 is 17.4 Å². The second-order valence-corrected chi connectivity index (χ2v) is 6.78. The number of amides is 1. The molecule has 1 aliphatic carbocycles. The van der Waals surface area contributed by atoms with Crippen LogP contribution in [0, 0.1) is 0 Å². The van der Waals surface area contributed by atoms with Crippen LogP contribution in [0.1, 0.15) is 48.9 Å². The highest BCUT2D eigenvalue weighted by molar-refractivity contribution is 5.95. The van der Waals surface area contributed by atoms with Crippen molar-refractivity contribution in [1.82, 2.24) is 10.3 Å². The van der Waals surface area contributed by atoms with Gasteiger partial charge in [-0.3, -0.25) is 4.79 Å². The topological polar surface area (TPSA) is 72.5 Å². The molecule has 6 nitrogen and oxygen atoms in total. The van der Waals surface area contributed by atoms with Crippen molar-refractivity contribution in [2.24, 2.45) is 0 Å². The van der Waals surface area contributed by atoms with E-state index in [2.05, 4.69) is 15.6 Å². The first kappa shape index (κ1) is 19.0. The van der Waals surface area contributed by atoms with E-state index in [1.54, 1.807) is 32.5 Å². The zero-order chi connectivity index (χ0) is 19.1. The molecule has 0 atom stereocenters. The van der Waals surface area contributed by atoms with Gasteiger partial charge in [-0.05, 0) is 37.1 Å². The first-order valence-electron chi connectivity index (χ1n) is 9.45. The number of anilines is 2. The Morgan fingerprint density at radius 2 is 1.81 bits per heavy atom. The summed E-state index contributed by atoms with van der Waals surface area (Å²) in [6, 6.07) is 9.24. The summed E-state index contributed by atoms with van der Waals surface area (Å²) in [5.74, 6) is 1.91. The Morgan fingerprint density at radius 1 is 1.04 bits per heavy atom. The number of nitrogens with one attached hydrogen (secondary N) is 2. The number of benzene rings is 1. The van der Waals surface area contributed by atoms with Gasteiger partial charge in [-0.1, -0.05) is 25.7 Å². The summed E-state index contributed by atoms with van der Waals surface area (Å²) in [6.45, 7) is 0. The number of ether oxygens (including phenoxy) is 2. The molecule has 6 heteroatoms. The van der Waals surface area contributed by atoms with Crippen LogP contribution in [0.3, 0.4) is 0 Å². The van der Waals surface area contributed by atoms with Crippen molar-refractivity contribution in [1.29, 1.82) is 0 Å². The third-order valence-corrected chi connectivity index (χ3v) is 4.88. The molecule has 1 heterocycles. The van der Waals surface area contributed by atoms with E-state index in [0.717, 1.165) is 18.5 Å². The Kier molecular flexibility index (Phi) is 6.52. The van der Waals surface area contributed by atoms with Crippen molar-refractivity contribution in [3.8, 4) is 11.5 Å². The predicted molar refractivity (Wildman–Crippen MR) is 106 cm³/mol. The minimum Gasteiger partial charge on any atom is -0.497 e. The molecule has 144 valence electrons. The molecule has 27 heavy (non-hydrogen) atoms. The number of carbonyl (C=O) groups is 1. The van der Waals surface area contributed by atoms with E-state index in [0.29, 0.717) is 22.9 Å². The first-order chi connectivity index (χ1) is 13.2. The van der Waals surface area contributed by atoms with Crippen LogP contribution in [-0.4, -0.2) is 31.2 Å². The number of hydrogen-bond donors (Lipinski definition) is 2. The number of carbonyl (C=O) groups excluding carboxylic acids is 1. The quantitative estimate of drug-likeness (QED) is 0.743. The fourth-order valence-corrected chi connectivity index (χ4v) is 3.38. The van der Waals surface area contributed by atoms with Gasteiger partial charge in [0.1, 0.15) is 17.3 Å². The average molecular weight is 369 g/mol. The number of pyridine rings is 1. The van der Waals surface area contributed by atoms with Gasteiger partial charge < -0.3 is 20.1 Å². The molecule has 0 radical (unpaired) electrons. The standard InChI is InChI=1S/C21H27N3O3/c1-26-17-9-10-19(27-2)18(14-17)24-20-13-15(11-12-22-20)21(25)23-16-7-5-3-4-6-8-16/h9-14,16H,3-8H2,1-2H3,(H,22,24)(H,23,25). The highest BCUT2D eigenvalue weighted by Crippen LogP contribution is 2.31. The molecule has 0 aliphatic heterocycles. The molecule has 1 aromatic carbocycles. The Bertz CT molecular complexity index is 771. The molecule has 1 saturated carbocycles. The summed E-state index contributed by atoms with van der Waals surface area (Å²) in [6.07, 6.45) is 8.65. The Labute approximate surface area is 160 Å². The number of hydrogen-bond acceptors (Lipinski definition) is 5. The largest absolute Gasteiger partial charge is 0.497 e. The number of aromatic nitrogens is 1. The van der Waals surface area contributed by atoms with Crippen LogP contribution in [-0.2, 0) is 0 Å². The van der Waals surface area contributed by atoms with Crippen molar-refractivity contribution in [2.75, 3.05) is 19.5 Å². The van der Waals surface area contributed by atoms with Crippen molar-refractivity contribution < 1.29 is 14.3 Å². The maximum Gasteiger partial charge on any atom is 0.251 e. The van der Waals surface area contributed by atoms with Crippen LogP contribution < -0.4 is 20.1 Å². The Hall–Kier alpha value is -2.76. The van der Waals surface area contributed by atoms with Crippen LogP contribution in [0.25, 0.3) is 0 Å². The Morgan fingerprint density at radius 3 is 2.52 bits per heavy atom. The number of rotatable bonds is 6.